The molecule has 0 unspecified atom stereocenters. The maximum atomic E-state index is 13.1. The van der Waals surface area contributed by atoms with Gasteiger partial charge >= 0.3 is 23.9 Å². The van der Waals surface area contributed by atoms with Gasteiger partial charge in [0.05, 0.1) is 25.9 Å². The highest BCUT2D eigenvalue weighted by Crippen LogP contribution is 2.69. The first-order chi connectivity index (χ1) is 25.8. The molecule has 336 valence electrons. The van der Waals surface area contributed by atoms with Crippen LogP contribution in [0.4, 0.5) is 0 Å². The van der Waals surface area contributed by atoms with Crippen LogP contribution in [0.1, 0.15) is 157 Å². The van der Waals surface area contributed by atoms with E-state index in [1.807, 2.05) is 6.92 Å². The Morgan fingerprint density at radius 3 is 1.81 bits per heavy atom. The summed E-state index contributed by atoms with van der Waals surface area (Å²) in [5.74, 6) is -0.0309. The predicted molar refractivity (Wildman–Crippen MR) is 232 cm³/mol. The largest absolute Gasteiger partial charge is 0.466 e. The van der Waals surface area contributed by atoms with Gasteiger partial charge in [-0.1, -0.05) is 73.6 Å². The van der Waals surface area contributed by atoms with E-state index in [0.717, 1.165) is 32.1 Å². The lowest BCUT2D eigenvalue weighted by atomic mass is 9.43. The van der Waals surface area contributed by atoms with Crippen molar-refractivity contribution < 1.29 is 38.1 Å². The van der Waals surface area contributed by atoms with Crippen LogP contribution in [0.25, 0.3) is 0 Å². The van der Waals surface area contributed by atoms with Crippen molar-refractivity contribution in [2.75, 3.05) is 26.2 Å². The zero-order valence-corrected chi connectivity index (χ0v) is 38.4. The lowest BCUT2D eigenvalue weighted by Gasteiger charge is -2.64. The smallest absolute Gasteiger partial charge is 0.307 e. The van der Waals surface area contributed by atoms with E-state index in [1.54, 1.807) is 0 Å². The van der Waals surface area contributed by atoms with Gasteiger partial charge in [-0.15, -0.1) is 37.2 Å². The molecule has 11 nitrogen and oxygen atoms in total. The molecule has 4 saturated carbocycles. The standard InChI is InChI=1S/C36H61N3O8.C7H16.3ClH/c1-5-18-44-30(40)9-6-22(2)25-7-8-26-34-27(21-29(36(25,26)4)47-33(43)13-17-39)35(3)14-10-24(45-31(41)11-15-37)19-23(35)20-28(34)46-32(42)12-16-38;1-3-5-7-6-4-2;;;/h22-29,34H,5-21,37-39H2,1-4H3;3-7H2,1-2H3;3*1H/t22-,23+,24-,25-,26+,27+,28-,29+,34+,35+,36-;;;;/m1..../s1. The second-order valence-electron chi connectivity index (χ2n) is 17.3. The minimum absolute atomic E-state index is 0. The molecule has 0 aromatic carbocycles. The van der Waals surface area contributed by atoms with E-state index in [-0.39, 0.29) is 165 Å². The van der Waals surface area contributed by atoms with Crippen molar-refractivity contribution in [3.05, 3.63) is 0 Å². The molecule has 14 heteroatoms. The molecule has 0 bridgehead atoms. The normalized spacial score (nSPS) is 31.4. The summed E-state index contributed by atoms with van der Waals surface area (Å²) in [5.41, 5.74) is 16.7. The average Bonchev–Trinajstić information content (AvgIpc) is 3.49. The Bertz CT molecular complexity index is 1200. The van der Waals surface area contributed by atoms with E-state index in [1.165, 1.54) is 32.1 Å². The van der Waals surface area contributed by atoms with Crippen LogP contribution < -0.4 is 17.2 Å². The van der Waals surface area contributed by atoms with Crippen molar-refractivity contribution in [3.8, 4) is 0 Å². The lowest BCUT2D eigenvalue weighted by Crippen LogP contribution is -2.63. The Morgan fingerprint density at radius 1 is 0.667 bits per heavy atom. The fourth-order valence-electron chi connectivity index (χ4n) is 11.0. The van der Waals surface area contributed by atoms with Crippen molar-refractivity contribution >= 4 is 61.1 Å². The molecular formula is C43H80Cl3N3O8. The van der Waals surface area contributed by atoms with E-state index in [9.17, 15) is 19.2 Å². The van der Waals surface area contributed by atoms with Gasteiger partial charge in [-0.3, -0.25) is 19.2 Å². The number of rotatable bonds is 19. The molecule has 0 spiro atoms. The van der Waals surface area contributed by atoms with Gasteiger partial charge in [0.2, 0.25) is 0 Å². The topological polar surface area (TPSA) is 183 Å². The molecule has 4 aliphatic carbocycles. The molecular weight excluding hydrogens is 793 g/mol. The molecule has 0 aliphatic heterocycles. The van der Waals surface area contributed by atoms with Crippen LogP contribution in [-0.2, 0) is 38.1 Å². The Labute approximate surface area is 363 Å². The highest BCUT2D eigenvalue weighted by atomic mass is 35.5. The quantitative estimate of drug-likeness (QED) is 0.0645. The summed E-state index contributed by atoms with van der Waals surface area (Å²) in [4.78, 5) is 51.0. The van der Waals surface area contributed by atoms with Crippen molar-refractivity contribution in [1.29, 1.82) is 0 Å². The average molecular weight is 873 g/mol. The second kappa shape index (κ2) is 27.5. The number of hydrogen-bond donors (Lipinski definition) is 3. The Kier molecular flexibility index (Phi) is 26.8. The van der Waals surface area contributed by atoms with E-state index >= 15 is 0 Å². The Morgan fingerprint density at radius 2 is 1.25 bits per heavy atom. The van der Waals surface area contributed by atoms with Gasteiger partial charge in [0.1, 0.15) is 18.3 Å². The maximum absolute atomic E-state index is 13.1. The third-order valence-corrected chi connectivity index (χ3v) is 13.8. The van der Waals surface area contributed by atoms with Gasteiger partial charge in [-0.25, -0.2) is 0 Å². The minimum Gasteiger partial charge on any atom is -0.466 e. The summed E-state index contributed by atoms with van der Waals surface area (Å²) in [5, 5.41) is 0. The number of unbranched alkanes of at least 4 members (excludes halogenated alkanes) is 4. The zero-order valence-electron chi connectivity index (χ0n) is 36.0. The van der Waals surface area contributed by atoms with Crippen LogP contribution in [0.15, 0.2) is 0 Å². The van der Waals surface area contributed by atoms with Crippen LogP contribution >= 0.6 is 37.2 Å². The van der Waals surface area contributed by atoms with E-state index < -0.39 is 0 Å². The van der Waals surface area contributed by atoms with Crippen molar-refractivity contribution in [2.45, 2.75) is 175 Å². The molecule has 0 radical (unpaired) electrons. The van der Waals surface area contributed by atoms with Gasteiger partial charge in [0.25, 0.3) is 0 Å². The molecule has 0 saturated heterocycles. The number of hydrogen-bond acceptors (Lipinski definition) is 11. The van der Waals surface area contributed by atoms with Crippen molar-refractivity contribution in [1.82, 2.24) is 0 Å². The van der Waals surface area contributed by atoms with Crippen LogP contribution in [0.5, 0.6) is 0 Å². The summed E-state index contributed by atoms with van der Waals surface area (Å²) in [7, 11) is 0. The molecule has 4 fully saturated rings. The second-order valence-corrected chi connectivity index (χ2v) is 17.3. The summed E-state index contributed by atoms with van der Waals surface area (Å²) in [6.45, 7) is 14.4. The van der Waals surface area contributed by atoms with Crippen LogP contribution in [0, 0.1) is 46.3 Å². The first kappa shape index (κ1) is 55.6. The van der Waals surface area contributed by atoms with Gasteiger partial charge in [0.15, 0.2) is 0 Å². The first-order valence-corrected chi connectivity index (χ1v) is 21.7. The summed E-state index contributed by atoms with van der Waals surface area (Å²) >= 11 is 0. The number of nitrogens with two attached hydrogens (primary N) is 3. The summed E-state index contributed by atoms with van der Waals surface area (Å²) in [6.07, 6.45) is 14.1. The third kappa shape index (κ3) is 14.7. The number of carbonyl (C=O) groups is 4. The molecule has 11 atom stereocenters. The van der Waals surface area contributed by atoms with E-state index in [0.29, 0.717) is 38.7 Å². The fourth-order valence-corrected chi connectivity index (χ4v) is 11.0. The van der Waals surface area contributed by atoms with Gasteiger partial charge in [-0.05, 0) is 92.8 Å². The monoisotopic (exact) mass is 872 g/mol. The SMILES string of the molecule is CCCCCCC.CCCOC(=O)CC[C@@H](C)[C@H]1CC[C@H]2[C@@H]3[C@H](OC(=O)CCN)C[C@@H]4C[C@H](OC(=O)CCN)CC[C@]4(C)[C@H]3C[C@H](OC(=O)CCN)[C@]12C.Cl.Cl.Cl. The highest BCUT2D eigenvalue weighted by Gasteiger charge is 2.67. The molecule has 0 amide bonds. The Balaban J connectivity index is 0.00000287. The Hall–Kier alpha value is -1.37. The van der Waals surface area contributed by atoms with E-state index in [2.05, 4.69) is 34.6 Å². The summed E-state index contributed by atoms with van der Waals surface area (Å²) < 4.78 is 24.0. The molecule has 4 aliphatic rings. The molecule has 0 heterocycles. The lowest BCUT2D eigenvalue weighted by molar-refractivity contribution is -0.225. The third-order valence-electron chi connectivity index (χ3n) is 13.8. The summed E-state index contributed by atoms with van der Waals surface area (Å²) in [6, 6.07) is 0. The molecule has 6 N–H and O–H groups in total. The van der Waals surface area contributed by atoms with Crippen molar-refractivity contribution in [3.63, 3.8) is 0 Å². The van der Waals surface area contributed by atoms with Crippen molar-refractivity contribution in [2.24, 2.45) is 63.5 Å². The molecule has 0 aromatic heterocycles. The van der Waals surface area contributed by atoms with Gasteiger partial charge in [0, 0.05) is 37.4 Å². The first-order valence-electron chi connectivity index (χ1n) is 21.7. The maximum Gasteiger partial charge on any atom is 0.307 e. The fraction of sp³-hybridized carbons (Fsp3) is 0.907. The number of ether oxygens (including phenoxy) is 4. The number of carbonyl (C=O) groups excluding carboxylic acids is 4. The van der Waals surface area contributed by atoms with Crippen LogP contribution in [0.2, 0.25) is 0 Å². The molecule has 57 heavy (non-hydrogen) atoms. The van der Waals surface area contributed by atoms with Crippen LogP contribution in [0.3, 0.4) is 0 Å². The number of fused-ring (bicyclic) bond motifs is 5. The number of halogens is 3. The number of esters is 4. The molecule has 4 rings (SSSR count). The van der Waals surface area contributed by atoms with Gasteiger partial charge in [-0.2, -0.15) is 0 Å². The van der Waals surface area contributed by atoms with Crippen LogP contribution in [-0.4, -0.2) is 68.4 Å². The highest BCUT2D eigenvalue weighted by molar-refractivity contribution is 5.86. The van der Waals surface area contributed by atoms with E-state index in [4.69, 9.17) is 36.1 Å². The molecule has 0 aromatic rings. The minimum atomic E-state index is -0.366. The predicted octanol–water partition coefficient (Wildman–Crippen LogP) is 8.26. The van der Waals surface area contributed by atoms with Gasteiger partial charge < -0.3 is 36.1 Å². The zero-order chi connectivity index (χ0) is 39.9.